The summed E-state index contributed by atoms with van der Waals surface area (Å²) in [7, 11) is 0. The van der Waals surface area contributed by atoms with E-state index in [1.807, 2.05) is 12.1 Å². The van der Waals surface area contributed by atoms with Gasteiger partial charge in [0.2, 0.25) is 0 Å². The molecule has 18 heavy (non-hydrogen) atoms. The van der Waals surface area contributed by atoms with Crippen molar-refractivity contribution in [1.82, 2.24) is 0 Å². The molecule has 1 aromatic carbocycles. The molecule has 2 nitrogen and oxygen atoms in total. The Balaban J connectivity index is 2.13. The maximum Gasteiger partial charge on any atom is 0.0426 e. The van der Waals surface area contributed by atoms with Crippen molar-refractivity contribution in [3.8, 4) is 0 Å². The van der Waals surface area contributed by atoms with Crippen molar-refractivity contribution in [1.29, 1.82) is 0 Å². The number of piperidine rings is 1. The summed E-state index contributed by atoms with van der Waals surface area (Å²) < 4.78 is 0. The lowest BCUT2D eigenvalue weighted by Gasteiger charge is -2.45. The molecule has 0 aliphatic carbocycles. The van der Waals surface area contributed by atoms with Crippen molar-refractivity contribution in [3.63, 3.8) is 0 Å². The smallest absolute Gasteiger partial charge is 0.0426 e. The summed E-state index contributed by atoms with van der Waals surface area (Å²) >= 11 is 6.07. The molecule has 0 spiro atoms. The van der Waals surface area contributed by atoms with E-state index in [0.717, 1.165) is 31.1 Å². The molecule has 0 amide bonds. The second-order valence-electron chi connectivity index (χ2n) is 5.94. The molecule has 0 bridgehead atoms. The van der Waals surface area contributed by atoms with Gasteiger partial charge in [-0.05, 0) is 48.9 Å². The van der Waals surface area contributed by atoms with Gasteiger partial charge < -0.3 is 10.6 Å². The average Bonchev–Trinajstić information content (AvgIpc) is 2.32. The fourth-order valence-corrected chi connectivity index (χ4v) is 3.01. The van der Waals surface area contributed by atoms with Gasteiger partial charge in [0, 0.05) is 23.8 Å². The Morgan fingerprint density at radius 1 is 1.44 bits per heavy atom. The fourth-order valence-electron chi connectivity index (χ4n) is 2.82. The number of halogens is 1. The van der Waals surface area contributed by atoms with Gasteiger partial charge in [0.05, 0.1) is 0 Å². The molecule has 0 saturated carbocycles. The number of anilines is 1. The van der Waals surface area contributed by atoms with E-state index in [0.29, 0.717) is 11.3 Å². The van der Waals surface area contributed by atoms with Crippen molar-refractivity contribution >= 4 is 17.3 Å². The van der Waals surface area contributed by atoms with Crippen molar-refractivity contribution in [3.05, 3.63) is 29.3 Å². The minimum absolute atomic E-state index is 0.397. The van der Waals surface area contributed by atoms with Crippen LogP contribution in [0.4, 0.5) is 5.69 Å². The molecule has 1 aromatic rings. The summed E-state index contributed by atoms with van der Waals surface area (Å²) in [5.41, 5.74) is 7.38. The van der Waals surface area contributed by atoms with Crippen LogP contribution in [-0.4, -0.2) is 19.6 Å². The minimum atomic E-state index is 0.397. The second-order valence-corrected chi connectivity index (χ2v) is 6.38. The van der Waals surface area contributed by atoms with E-state index in [2.05, 4.69) is 30.9 Å². The monoisotopic (exact) mass is 266 g/mol. The summed E-state index contributed by atoms with van der Waals surface area (Å²) in [6.45, 7) is 7.70. The Hall–Kier alpha value is -0.730. The van der Waals surface area contributed by atoms with Crippen molar-refractivity contribution < 1.29 is 0 Å². The molecular weight excluding hydrogens is 244 g/mol. The van der Waals surface area contributed by atoms with Crippen LogP contribution in [0.25, 0.3) is 0 Å². The summed E-state index contributed by atoms with van der Waals surface area (Å²) in [4.78, 5) is 2.44. The quantitative estimate of drug-likeness (QED) is 0.907. The molecule has 1 atom stereocenters. The molecule has 0 radical (unpaired) electrons. The molecular formula is C15H23ClN2. The summed E-state index contributed by atoms with van der Waals surface area (Å²) in [6, 6.07) is 8.15. The van der Waals surface area contributed by atoms with Gasteiger partial charge in [-0.15, -0.1) is 0 Å². The number of hydrogen-bond donors (Lipinski definition) is 1. The van der Waals surface area contributed by atoms with Crippen LogP contribution in [0.5, 0.6) is 0 Å². The number of hydrogen-bond acceptors (Lipinski definition) is 2. The topological polar surface area (TPSA) is 29.3 Å². The third kappa shape index (κ3) is 2.99. The zero-order chi connectivity index (χ0) is 13.2. The average molecular weight is 267 g/mol. The lowest BCUT2D eigenvalue weighted by atomic mass is 9.72. The minimum Gasteiger partial charge on any atom is -0.371 e. The zero-order valence-corrected chi connectivity index (χ0v) is 12.1. The molecule has 100 valence electrons. The summed E-state index contributed by atoms with van der Waals surface area (Å²) in [5, 5.41) is 0.813. The zero-order valence-electron chi connectivity index (χ0n) is 11.3. The SMILES string of the molecule is CC1(C)CCN(c2cccc(Cl)c2)CC1CCN. The molecule has 3 heteroatoms. The predicted molar refractivity (Wildman–Crippen MR) is 79.2 cm³/mol. The van der Waals surface area contributed by atoms with Gasteiger partial charge in [0.25, 0.3) is 0 Å². The summed E-state index contributed by atoms with van der Waals surface area (Å²) in [6.07, 6.45) is 2.31. The maximum absolute atomic E-state index is 6.07. The Bertz CT molecular complexity index is 403. The van der Waals surface area contributed by atoms with E-state index in [9.17, 15) is 0 Å². The number of nitrogens with two attached hydrogens (primary N) is 1. The standard InChI is InChI=1S/C15H23ClN2/c1-15(2)7-9-18(11-12(15)6-8-17)14-5-3-4-13(16)10-14/h3-5,10,12H,6-9,11,17H2,1-2H3. The van der Waals surface area contributed by atoms with E-state index in [-0.39, 0.29) is 0 Å². The van der Waals surface area contributed by atoms with Gasteiger partial charge in [0.1, 0.15) is 0 Å². The molecule has 1 unspecified atom stereocenters. The Labute approximate surface area is 115 Å². The van der Waals surface area contributed by atoms with E-state index in [4.69, 9.17) is 17.3 Å². The van der Waals surface area contributed by atoms with Crippen LogP contribution in [0.2, 0.25) is 5.02 Å². The molecule has 1 saturated heterocycles. The van der Waals surface area contributed by atoms with E-state index in [1.54, 1.807) is 0 Å². The molecule has 1 aliphatic heterocycles. The van der Waals surface area contributed by atoms with Gasteiger partial charge in [-0.1, -0.05) is 31.5 Å². The first kappa shape index (κ1) is 13.7. The first-order chi connectivity index (χ1) is 8.53. The fraction of sp³-hybridized carbons (Fsp3) is 0.600. The molecule has 0 aromatic heterocycles. The van der Waals surface area contributed by atoms with Gasteiger partial charge in [-0.2, -0.15) is 0 Å². The number of benzene rings is 1. The van der Waals surface area contributed by atoms with Crippen LogP contribution in [-0.2, 0) is 0 Å². The largest absolute Gasteiger partial charge is 0.371 e. The van der Waals surface area contributed by atoms with Crippen LogP contribution in [0.15, 0.2) is 24.3 Å². The van der Waals surface area contributed by atoms with Crippen molar-refractivity contribution in [2.45, 2.75) is 26.7 Å². The molecule has 2 N–H and O–H groups in total. The highest BCUT2D eigenvalue weighted by Gasteiger charge is 2.34. The van der Waals surface area contributed by atoms with Crippen LogP contribution in [0.1, 0.15) is 26.7 Å². The van der Waals surface area contributed by atoms with Gasteiger partial charge in [-0.25, -0.2) is 0 Å². The highest BCUT2D eigenvalue weighted by atomic mass is 35.5. The van der Waals surface area contributed by atoms with Crippen molar-refractivity contribution in [2.24, 2.45) is 17.1 Å². The third-order valence-electron chi connectivity index (χ3n) is 4.26. The first-order valence-corrected chi connectivity index (χ1v) is 7.11. The van der Waals surface area contributed by atoms with Crippen LogP contribution < -0.4 is 10.6 Å². The lowest BCUT2D eigenvalue weighted by molar-refractivity contribution is 0.163. The molecule has 1 aliphatic rings. The Morgan fingerprint density at radius 3 is 2.89 bits per heavy atom. The second kappa shape index (κ2) is 5.50. The van der Waals surface area contributed by atoms with Gasteiger partial charge >= 0.3 is 0 Å². The van der Waals surface area contributed by atoms with Gasteiger partial charge in [0.15, 0.2) is 0 Å². The van der Waals surface area contributed by atoms with E-state index >= 15 is 0 Å². The first-order valence-electron chi connectivity index (χ1n) is 6.73. The molecule has 2 rings (SSSR count). The highest BCUT2D eigenvalue weighted by molar-refractivity contribution is 6.30. The normalized spacial score (nSPS) is 23.1. The van der Waals surface area contributed by atoms with Crippen LogP contribution in [0.3, 0.4) is 0 Å². The summed E-state index contributed by atoms with van der Waals surface area (Å²) in [5.74, 6) is 0.662. The van der Waals surface area contributed by atoms with Crippen LogP contribution >= 0.6 is 11.6 Å². The predicted octanol–water partition coefficient (Wildman–Crippen LogP) is 3.54. The molecule has 1 fully saturated rings. The third-order valence-corrected chi connectivity index (χ3v) is 4.50. The van der Waals surface area contributed by atoms with Crippen molar-refractivity contribution in [2.75, 3.05) is 24.5 Å². The number of nitrogens with zero attached hydrogens (tertiary/aromatic N) is 1. The van der Waals surface area contributed by atoms with E-state index in [1.165, 1.54) is 12.1 Å². The van der Waals surface area contributed by atoms with Crippen LogP contribution in [0, 0.1) is 11.3 Å². The maximum atomic E-state index is 6.07. The van der Waals surface area contributed by atoms with E-state index < -0.39 is 0 Å². The highest BCUT2D eigenvalue weighted by Crippen LogP contribution is 2.39. The lowest BCUT2D eigenvalue weighted by Crippen LogP contribution is -2.45. The Morgan fingerprint density at radius 2 is 2.22 bits per heavy atom. The Kier molecular flexibility index (Phi) is 4.18. The number of rotatable bonds is 3. The van der Waals surface area contributed by atoms with Gasteiger partial charge in [-0.3, -0.25) is 0 Å². The molecule has 1 heterocycles.